The number of hydrogen-bond donors (Lipinski definition) is 3. The average Bonchev–Trinajstić information content (AvgIpc) is 3.38. The number of thiophene rings is 1. The summed E-state index contributed by atoms with van der Waals surface area (Å²) in [4.78, 5) is 35.1. The quantitative estimate of drug-likeness (QED) is 0.730. The molecule has 2 aliphatic heterocycles. The average molecular weight is 402 g/mol. The molecule has 0 saturated carbocycles. The summed E-state index contributed by atoms with van der Waals surface area (Å²) >= 11 is 1.54. The number of fused-ring (bicyclic) bond motifs is 2. The number of amides is 2. The van der Waals surface area contributed by atoms with E-state index in [-0.39, 0.29) is 23.4 Å². The molecular weight excluding hydrogens is 374 g/mol. The maximum absolute atomic E-state index is 12.7. The van der Waals surface area contributed by atoms with Crippen molar-refractivity contribution in [3.05, 3.63) is 40.1 Å². The van der Waals surface area contributed by atoms with Crippen molar-refractivity contribution in [2.24, 2.45) is 5.92 Å². The molecule has 0 bridgehead atoms. The number of carbonyl (C=O) groups excluding carboxylic acids is 2. The Labute approximate surface area is 168 Å². The molecule has 1 atom stereocenters. The van der Waals surface area contributed by atoms with Crippen LogP contribution in [0.2, 0.25) is 0 Å². The molecule has 3 N–H and O–H groups in total. The van der Waals surface area contributed by atoms with Gasteiger partial charge in [0.25, 0.3) is 5.91 Å². The molecule has 0 aromatic carbocycles. The number of H-pyrrole nitrogens is 1. The standard InChI is InChI=1S/C20H27N5O2S/c1-13(2)10-21-18(26)16-9-15-17(23-12-22-15)20(24-16)4-6-25(7-5-20)19(27)14-3-8-28-11-14/h3,8,11-13,16,24H,4-7,9-10H2,1-2H3,(H,21,26)(H,22,23)/t16-/m0/s1. The van der Waals surface area contributed by atoms with Gasteiger partial charge in [-0.25, -0.2) is 4.98 Å². The highest BCUT2D eigenvalue weighted by Gasteiger charge is 2.46. The Kier molecular flexibility index (Phi) is 5.25. The van der Waals surface area contributed by atoms with Crippen molar-refractivity contribution >= 4 is 23.2 Å². The van der Waals surface area contributed by atoms with Crippen LogP contribution in [0.3, 0.4) is 0 Å². The second kappa shape index (κ2) is 7.67. The topological polar surface area (TPSA) is 90.1 Å². The molecule has 8 heteroatoms. The maximum atomic E-state index is 12.7. The number of rotatable bonds is 4. The highest BCUT2D eigenvalue weighted by atomic mass is 32.1. The molecule has 2 aromatic heterocycles. The van der Waals surface area contributed by atoms with Crippen LogP contribution in [0.5, 0.6) is 0 Å². The highest BCUT2D eigenvalue weighted by Crippen LogP contribution is 2.37. The lowest BCUT2D eigenvalue weighted by molar-refractivity contribution is -0.124. The summed E-state index contributed by atoms with van der Waals surface area (Å²) in [6.45, 7) is 6.14. The molecule has 0 unspecified atom stereocenters. The Morgan fingerprint density at radius 2 is 2.18 bits per heavy atom. The minimum Gasteiger partial charge on any atom is -0.354 e. The molecule has 2 amide bonds. The summed E-state index contributed by atoms with van der Waals surface area (Å²) < 4.78 is 0. The Hall–Kier alpha value is -2.19. The van der Waals surface area contributed by atoms with Crippen molar-refractivity contribution in [1.82, 2.24) is 25.5 Å². The number of carbonyl (C=O) groups is 2. The van der Waals surface area contributed by atoms with Crippen molar-refractivity contribution in [2.45, 2.75) is 44.7 Å². The fourth-order valence-electron chi connectivity index (χ4n) is 4.17. The van der Waals surface area contributed by atoms with E-state index in [0.717, 1.165) is 29.8 Å². The van der Waals surface area contributed by atoms with Gasteiger partial charge in [0.15, 0.2) is 0 Å². The summed E-state index contributed by atoms with van der Waals surface area (Å²) in [7, 11) is 0. The lowest BCUT2D eigenvalue weighted by Crippen LogP contribution is -2.62. The number of hydrogen-bond acceptors (Lipinski definition) is 5. The van der Waals surface area contributed by atoms with E-state index in [1.807, 2.05) is 21.7 Å². The number of piperidine rings is 1. The van der Waals surface area contributed by atoms with E-state index in [1.54, 1.807) is 6.33 Å². The number of aromatic nitrogens is 2. The Morgan fingerprint density at radius 1 is 1.39 bits per heavy atom. The van der Waals surface area contributed by atoms with Crippen LogP contribution < -0.4 is 10.6 Å². The molecule has 4 heterocycles. The van der Waals surface area contributed by atoms with E-state index >= 15 is 0 Å². The van der Waals surface area contributed by atoms with Crippen molar-refractivity contribution < 1.29 is 9.59 Å². The van der Waals surface area contributed by atoms with Crippen LogP contribution in [-0.2, 0) is 16.8 Å². The molecule has 0 aliphatic carbocycles. The molecule has 1 spiro atoms. The van der Waals surface area contributed by atoms with E-state index in [9.17, 15) is 9.59 Å². The Bertz CT molecular complexity index is 837. The summed E-state index contributed by atoms with van der Waals surface area (Å²) in [5.74, 6) is 0.529. The summed E-state index contributed by atoms with van der Waals surface area (Å²) in [6, 6.07) is 1.59. The maximum Gasteiger partial charge on any atom is 0.254 e. The molecule has 0 radical (unpaired) electrons. The van der Waals surface area contributed by atoms with Crippen molar-refractivity contribution in [1.29, 1.82) is 0 Å². The molecule has 1 saturated heterocycles. The third-order valence-corrected chi connectivity index (χ3v) is 6.39. The number of imidazole rings is 1. The highest BCUT2D eigenvalue weighted by molar-refractivity contribution is 7.08. The van der Waals surface area contributed by atoms with Crippen LogP contribution in [0.25, 0.3) is 0 Å². The summed E-state index contributed by atoms with van der Waals surface area (Å²) in [6.07, 6.45) is 3.81. The second-order valence-electron chi connectivity index (χ2n) is 8.16. The van der Waals surface area contributed by atoms with Gasteiger partial charge < -0.3 is 15.2 Å². The van der Waals surface area contributed by atoms with Crippen LogP contribution in [0.1, 0.15) is 48.4 Å². The van der Waals surface area contributed by atoms with E-state index in [2.05, 4.69) is 34.4 Å². The largest absolute Gasteiger partial charge is 0.354 e. The van der Waals surface area contributed by atoms with E-state index < -0.39 is 0 Å². The van der Waals surface area contributed by atoms with Crippen molar-refractivity contribution in [3.63, 3.8) is 0 Å². The van der Waals surface area contributed by atoms with Gasteiger partial charge in [-0.3, -0.25) is 14.9 Å². The summed E-state index contributed by atoms with van der Waals surface area (Å²) in [5.41, 5.74) is 2.42. The first-order valence-corrected chi connectivity index (χ1v) is 10.8. The lowest BCUT2D eigenvalue weighted by Gasteiger charge is -2.46. The predicted octanol–water partition coefficient (Wildman–Crippen LogP) is 1.89. The van der Waals surface area contributed by atoms with Gasteiger partial charge >= 0.3 is 0 Å². The van der Waals surface area contributed by atoms with E-state index in [1.165, 1.54) is 11.3 Å². The number of nitrogens with zero attached hydrogens (tertiary/aromatic N) is 2. The second-order valence-corrected chi connectivity index (χ2v) is 8.94. The number of aromatic amines is 1. The van der Waals surface area contributed by atoms with Gasteiger partial charge in [0.05, 0.1) is 29.2 Å². The van der Waals surface area contributed by atoms with E-state index in [0.29, 0.717) is 32.0 Å². The molecule has 1 fully saturated rings. The molecule has 28 heavy (non-hydrogen) atoms. The fraction of sp³-hybridized carbons (Fsp3) is 0.550. The zero-order chi connectivity index (χ0) is 19.7. The zero-order valence-electron chi connectivity index (χ0n) is 16.3. The van der Waals surface area contributed by atoms with Gasteiger partial charge in [-0.1, -0.05) is 13.8 Å². The SMILES string of the molecule is CC(C)CNC(=O)[C@@H]1Cc2[nH]cnc2C2(CCN(C(=O)c3ccsc3)CC2)N1. The first-order valence-electron chi connectivity index (χ1n) is 9.88. The Morgan fingerprint density at radius 3 is 2.86 bits per heavy atom. The monoisotopic (exact) mass is 401 g/mol. The number of nitrogens with one attached hydrogen (secondary N) is 3. The van der Waals surface area contributed by atoms with Crippen LogP contribution in [-0.4, -0.2) is 52.4 Å². The van der Waals surface area contributed by atoms with Crippen LogP contribution in [0.15, 0.2) is 23.2 Å². The van der Waals surface area contributed by atoms with Crippen molar-refractivity contribution in [2.75, 3.05) is 19.6 Å². The minimum absolute atomic E-state index is 0.0325. The Balaban J connectivity index is 1.49. The molecular formula is C20H27N5O2S. The molecule has 7 nitrogen and oxygen atoms in total. The smallest absolute Gasteiger partial charge is 0.254 e. The van der Waals surface area contributed by atoms with E-state index in [4.69, 9.17) is 0 Å². The molecule has 4 rings (SSSR count). The fourth-order valence-corrected chi connectivity index (χ4v) is 4.80. The normalized spacial score (nSPS) is 21.0. The zero-order valence-corrected chi connectivity index (χ0v) is 17.1. The third-order valence-electron chi connectivity index (χ3n) is 5.70. The van der Waals surface area contributed by atoms with Gasteiger partial charge in [0.2, 0.25) is 5.91 Å². The first kappa shape index (κ1) is 19.1. The van der Waals surface area contributed by atoms with Crippen LogP contribution >= 0.6 is 11.3 Å². The van der Waals surface area contributed by atoms with Crippen molar-refractivity contribution in [3.8, 4) is 0 Å². The summed E-state index contributed by atoms with van der Waals surface area (Å²) in [5, 5.41) is 10.5. The molecule has 2 aromatic rings. The molecule has 150 valence electrons. The third kappa shape index (κ3) is 3.58. The lowest BCUT2D eigenvalue weighted by atomic mass is 9.78. The predicted molar refractivity (Wildman–Crippen MR) is 108 cm³/mol. The van der Waals surface area contributed by atoms with Gasteiger partial charge in [0, 0.05) is 37.1 Å². The van der Waals surface area contributed by atoms with Gasteiger partial charge in [-0.05, 0) is 30.2 Å². The van der Waals surface area contributed by atoms with Gasteiger partial charge in [0.1, 0.15) is 0 Å². The molecule has 2 aliphatic rings. The van der Waals surface area contributed by atoms with Crippen LogP contribution in [0.4, 0.5) is 0 Å². The van der Waals surface area contributed by atoms with Crippen LogP contribution in [0, 0.1) is 5.92 Å². The van der Waals surface area contributed by atoms with Gasteiger partial charge in [-0.15, -0.1) is 0 Å². The number of likely N-dealkylation sites (tertiary alicyclic amines) is 1. The first-order chi connectivity index (χ1) is 13.5. The minimum atomic E-state index is -0.362. The van der Waals surface area contributed by atoms with Gasteiger partial charge in [-0.2, -0.15) is 11.3 Å².